The van der Waals surface area contributed by atoms with Gasteiger partial charge in [0.1, 0.15) is 6.04 Å². The van der Waals surface area contributed by atoms with Crippen LogP contribution in [0.3, 0.4) is 0 Å². The van der Waals surface area contributed by atoms with Crippen LogP contribution in [0.4, 0.5) is 0 Å². The van der Waals surface area contributed by atoms with E-state index in [2.05, 4.69) is 25.9 Å². The van der Waals surface area contributed by atoms with E-state index in [1.807, 2.05) is 32.0 Å². The minimum absolute atomic E-state index is 0.0840. The van der Waals surface area contributed by atoms with E-state index in [1.54, 1.807) is 12.1 Å². The van der Waals surface area contributed by atoms with Gasteiger partial charge in [-0.15, -0.1) is 0 Å². The van der Waals surface area contributed by atoms with E-state index in [1.165, 1.54) is 13.5 Å². The Bertz CT molecular complexity index is 676. The van der Waals surface area contributed by atoms with E-state index in [0.29, 0.717) is 23.1 Å². The molecule has 1 fully saturated rings. The molecule has 1 aliphatic carbocycles. The third kappa shape index (κ3) is 5.68. The molecule has 1 aliphatic rings. The van der Waals surface area contributed by atoms with Gasteiger partial charge in [-0.25, -0.2) is 5.09 Å². The van der Waals surface area contributed by atoms with E-state index >= 15 is 0 Å². The highest BCUT2D eigenvalue weighted by Gasteiger charge is 2.40. The van der Waals surface area contributed by atoms with E-state index < -0.39 is 19.5 Å². The standard InChI is InChI=1S/C22H36NO4P/c1-15(2)19-13-12-17(5)14-20(19)27-28(25,18-10-8-7-9-11-18)23-21(16(3)4)22(24)26-6/h7-11,15-17,19-21H,12-14H2,1-6H3,(H,23,25)/t17-,19+,20-,21?,28-/m1/s1. The lowest BCUT2D eigenvalue weighted by molar-refractivity contribution is -0.143. The molecule has 5 nitrogen and oxygen atoms in total. The molecule has 0 radical (unpaired) electrons. The molecule has 158 valence electrons. The van der Waals surface area contributed by atoms with Crippen LogP contribution < -0.4 is 10.4 Å². The number of rotatable bonds is 8. The maximum absolute atomic E-state index is 14.2. The number of ether oxygens (including phenoxy) is 1. The van der Waals surface area contributed by atoms with Gasteiger partial charge in [-0.1, -0.05) is 59.2 Å². The molecule has 1 aromatic rings. The van der Waals surface area contributed by atoms with Crippen molar-refractivity contribution in [2.24, 2.45) is 23.7 Å². The number of esters is 1. The lowest BCUT2D eigenvalue weighted by Gasteiger charge is -2.39. The first-order valence-electron chi connectivity index (χ1n) is 10.4. The Balaban J connectivity index is 2.38. The molecule has 6 heteroatoms. The summed E-state index contributed by atoms with van der Waals surface area (Å²) in [6.07, 6.45) is 3.02. The minimum Gasteiger partial charge on any atom is -0.468 e. The molecule has 1 N–H and O–H groups in total. The van der Waals surface area contributed by atoms with Crippen LogP contribution >= 0.6 is 7.52 Å². The Morgan fingerprint density at radius 2 is 1.79 bits per heavy atom. The number of hydrogen-bond donors (Lipinski definition) is 1. The normalized spacial score (nSPS) is 26.1. The SMILES string of the molecule is COC(=O)C(N[P@](=O)(O[C@@H]1C[C@H](C)CC[C@H]1C(C)C)c1ccccc1)C(C)C. The zero-order valence-electron chi connectivity index (χ0n) is 18.1. The topological polar surface area (TPSA) is 64.6 Å². The van der Waals surface area contributed by atoms with Crippen LogP contribution in [0.5, 0.6) is 0 Å². The van der Waals surface area contributed by atoms with Crippen molar-refractivity contribution >= 4 is 18.8 Å². The molecule has 0 spiro atoms. The van der Waals surface area contributed by atoms with Crippen molar-refractivity contribution in [3.63, 3.8) is 0 Å². The molecular weight excluding hydrogens is 373 g/mol. The van der Waals surface area contributed by atoms with Gasteiger partial charge in [0.25, 0.3) is 0 Å². The van der Waals surface area contributed by atoms with E-state index in [0.717, 1.165) is 12.8 Å². The summed E-state index contributed by atoms with van der Waals surface area (Å²) in [5.74, 6) is 0.825. The Kier molecular flexibility index (Phi) is 8.30. The highest BCUT2D eigenvalue weighted by molar-refractivity contribution is 7.65. The number of benzene rings is 1. The van der Waals surface area contributed by atoms with Crippen molar-refractivity contribution in [3.8, 4) is 0 Å². The van der Waals surface area contributed by atoms with Gasteiger partial charge >= 0.3 is 13.5 Å². The molecular formula is C22H36NO4P. The van der Waals surface area contributed by atoms with Crippen molar-refractivity contribution < 1.29 is 18.6 Å². The second kappa shape index (κ2) is 10.0. The predicted molar refractivity (Wildman–Crippen MR) is 114 cm³/mol. The molecule has 1 aromatic carbocycles. The zero-order chi connectivity index (χ0) is 20.9. The number of methoxy groups -OCH3 is 1. The zero-order valence-corrected chi connectivity index (χ0v) is 18.9. The van der Waals surface area contributed by atoms with Crippen molar-refractivity contribution in [1.82, 2.24) is 5.09 Å². The number of nitrogens with one attached hydrogen (secondary N) is 1. The van der Waals surface area contributed by atoms with Crippen LogP contribution in [0.2, 0.25) is 0 Å². The van der Waals surface area contributed by atoms with Crippen LogP contribution in [0.25, 0.3) is 0 Å². The number of carbonyl (C=O) groups is 1. The highest BCUT2D eigenvalue weighted by atomic mass is 31.2. The smallest absolute Gasteiger partial charge is 0.323 e. The molecule has 1 saturated carbocycles. The summed E-state index contributed by atoms with van der Waals surface area (Å²) in [6, 6.07) is 8.48. The van der Waals surface area contributed by atoms with Crippen LogP contribution in [0.1, 0.15) is 53.9 Å². The summed E-state index contributed by atoms with van der Waals surface area (Å²) in [4.78, 5) is 12.3. The Labute approximate surface area is 170 Å². The Hall–Kier alpha value is -1.16. The van der Waals surface area contributed by atoms with Crippen LogP contribution in [0.15, 0.2) is 30.3 Å². The molecule has 0 aromatic heterocycles. The largest absolute Gasteiger partial charge is 0.468 e. The van der Waals surface area contributed by atoms with Gasteiger partial charge in [0.2, 0.25) is 0 Å². The quantitative estimate of drug-likeness (QED) is 0.495. The molecule has 2 rings (SSSR count). The Morgan fingerprint density at radius 3 is 2.32 bits per heavy atom. The lowest BCUT2D eigenvalue weighted by atomic mass is 9.75. The summed E-state index contributed by atoms with van der Waals surface area (Å²) in [6.45, 7) is 10.4. The van der Waals surface area contributed by atoms with Crippen molar-refractivity contribution in [1.29, 1.82) is 0 Å². The first-order chi connectivity index (χ1) is 13.2. The van der Waals surface area contributed by atoms with Crippen molar-refractivity contribution in [2.75, 3.05) is 7.11 Å². The fourth-order valence-electron chi connectivity index (χ4n) is 4.00. The molecule has 5 atom stereocenters. The van der Waals surface area contributed by atoms with Crippen LogP contribution in [-0.2, 0) is 18.6 Å². The monoisotopic (exact) mass is 409 g/mol. The van der Waals surface area contributed by atoms with Gasteiger partial charge in [-0.3, -0.25) is 9.36 Å². The molecule has 0 amide bonds. The molecule has 0 saturated heterocycles. The summed E-state index contributed by atoms with van der Waals surface area (Å²) < 4.78 is 25.5. The van der Waals surface area contributed by atoms with Crippen molar-refractivity contribution in [3.05, 3.63) is 30.3 Å². The number of hydrogen-bond acceptors (Lipinski definition) is 4. The fourth-order valence-corrected chi connectivity index (χ4v) is 6.29. The summed E-state index contributed by atoms with van der Waals surface area (Å²) in [5, 5.41) is 3.67. The first-order valence-corrected chi connectivity index (χ1v) is 12.0. The summed E-state index contributed by atoms with van der Waals surface area (Å²) in [5.41, 5.74) is 0. The van der Waals surface area contributed by atoms with Gasteiger partial charge in [-0.05, 0) is 48.6 Å². The molecule has 0 bridgehead atoms. The van der Waals surface area contributed by atoms with E-state index in [-0.39, 0.29) is 12.0 Å². The van der Waals surface area contributed by atoms with Crippen molar-refractivity contribution in [2.45, 2.75) is 66.0 Å². The third-order valence-corrected chi connectivity index (χ3v) is 7.94. The lowest BCUT2D eigenvalue weighted by Crippen LogP contribution is -2.44. The highest BCUT2D eigenvalue weighted by Crippen LogP contribution is 2.49. The average molecular weight is 410 g/mol. The second-order valence-electron chi connectivity index (χ2n) is 8.73. The summed E-state index contributed by atoms with van der Waals surface area (Å²) >= 11 is 0. The second-order valence-corrected chi connectivity index (χ2v) is 10.8. The molecule has 0 aliphatic heterocycles. The first kappa shape index (κ1) is 23.1. The van der Waals surface area contributed by atoms with Crippen LogP contribution in [0, 0.1) is 23.7 Å². The maximum Gasteiger partial charge on any atom is 0.323 e. The maximum atomic E-state index is 14.2. The predicted octanol–water partition coefficient (Wildman–Crippen LogP) is 4.77. The van der Waals surface area contributed by atoms with Gasteiger partial charge in [0.05, 0.1) is 18.5 Å². The summed E-state index contributed by atoms with van der Waals surface area (Å²) in [7, 11) is -2.12. The van der Waals surface area contributed by atoms with Gasteiger partial charge in [-0.2, -0.15) is 0 Å². The fraction of sp³-hybridized carbons (Fsp3) is 0.682. The number of carbonyl (C=O) groups excluding carboxylic acids is 1. The Morgan fingerprint density at radius 1 is 1.14 bits per heavy atom. The van der Waals surface area contributed by atoms with Gasteiger partial charge < -0.3 is 9.26 Å². The molecule has 0 heterocycles. The van der Waals surface area contributed by atoms with Gasteiger partial charge in [0, 0.05) is 0 Å². The molecule has 28 heavy (non-hydrogen) atoms. The van der Waals surface area contributed by atoms with E-state index in [9.17, 15) is 9.36 Å². The van der Waals surface area contributed by atoms with Crippen LogP contribution in [-0.4, -0.2) is 25.2 Å². The average Bonchev–Trinajstić information content (AvgIpc) is 2.66. The minimum atomic E-state index is -3.47. The van der Waals surface area contributed by atoms with E-state index in [4.69, 9.17) is 9.26 Å². The third-order valence-electron chi connectivity index (χ3n) is 5.77. The molecule has 1 unspecified atom stereocenters. The van der Waals surface area contributed by atoms with Gasteiger partial charge in [0.15, 0.2) is 0 Å².